The van der Waals surface area contributed by atoms with Gasteiger partial charge in [-0.25, -0.2) is 14.4 Å². The van der Waals surface area contributed by atoms with Crippen LogP contribution in [0.15, 0.2) is 54.6 Å². The minimum Gasteiger partial charge on any atom is -0.378 e. The maximum absolute atomic E-state index is 13.7. The number of aryl methyl sites for hydroxylation is 1. The Kier molecular flexibility index (Phi) is 6.39. The number of hydrogen-bond acceptors (Lipinski definition) is 5. The van der Waals surface area contributed by atoms with Gasteiger partial charge in [-0.2, -0.15) is 0 Å². The van der Waals surface area contributed by atoms with E-state index in [1.165, 1.54) is 6.07 Å². The Hall–Kier alpha value is -3.48. The van der Waals surface area contributed by atoms with Crippen molar-refractivity contribution in [1.82, 2.24) is 15.3 Å². The molecule has 1 amide bonds. The topological polar surface area (TPSA) is 70.2 Å². The quantitative estimate of drug-likeness (QED) is 0.640. The fraction of sp³-hybridized carbons (Fsp3) is 0.227. The van der Waals surface area contributed by atoms with E-state index in [2.05, 4.69) is 20.6 Å². The average molecular weight is 393 g/mol. The van der Waals surface area contributed by atoms with Crippen molar-refractivity contribution in [3.05, 3.63) is 77.4 Å². The van der Waals surface area contributed by atoms with Crippen LogP contribution in [0.5, 0.6) is 0 Å². The van der Waals surface area contributed by atoms with Gasteiger partial charge < -0.3 is 15.5 Å². The Morgan fingerprint density at radius 1 is 1.07 bits per heavy atom. The number of carbonyl (C=O) groups excluding carboxylic acids is 1. The molecule has 2 aromatic carbocycles. The monoisotopic (exact) mass is 393 g/mol. The molecule has 0 aliphatic heterocycles. The third kappa shape index (κ3) is 5.51. The molecule has 0 atom stereocenters. The highest BCUT2D eigenvalue weighted by Crippen LogP contribution is 2.18. The maximum atomic E-state index is 13.7. The molecule has 150 valence electrons. The Morgan fingerprint density at radius 3 is 2.48 bits per heavy atom. The van der Waals surface area contributed by atoms with Gasteiger partial charge in [-0.15, -0.1) is 0 Å². The number of benzene rings is 2. The summed E-state index contributed by atoms with van der Waals surface area (Å²) >= 11 is 0. The normalized spacial score (nSPS) is 10.5. The second-order valence-corrected chi connectivity index (χ2v) is 6.88. The number of nitrogens with zero attached hydrogens (tertiary/aromatic N) is 3. The lowest BCUT2D eigenvalue weighted by atomic mass is 10.1. The first-order chi connectivity index (χ1) is 13.9. The van der Waals surface area contributed by atoms with Gasteiger partial charge in [0.1, 0.15) is 11.5 Å². The summed E-state index contributed by atoms with van der Waals surface area (Å²) in [6, 6.07) is 16.0. The Morgan fingerprint density at radius 2 is 1.79 bits per heavy atom. The molecule has 0 fully saturated rings. The summed E-state index contributed by atoms with van der Waals surface area (Å²) < 4.78 is 13.7. The number of anilines is 3. The minimum absolute atomic E-state index is 0.262. The van der Waals surface area contributed by atoms with Crippen LogP contribution >= 0.6 is 0 Å². The molecule has 2 N–H and O–H groups in total. The molecule has 0 saturated carbocycles. The van der Waals surface area contributed by atoms with E-state index in [1.807, 2.05) is 43.3 Å². The third-order valence-electron chi connectivity index (χ3n) is 4.36. The molecule has 1 heterocycles. The fourth-order valence-corrected chi connectivity index (χ4v) is 2.82. The SMILES string of the molecule is Cc1cc(C(=O)NCCc2ccccc2F)nc(Nc2ccc(N(C)C)cc2)n1. The number of halogens is 1. The van der Waals surface area contributed by atoms with E-state index in [0.717, 1.165) is 11.4 Å². The number of aromatic nitrogens is 2. The number of hydrogen-bond donors (Lipinski definition) is 2. The summed E-state index contributed by atoms with van der Waals surface area (Å²) in [7, 11) is 3.95. The van der Waals surface area contributed by atoms with E-state index in [1.54, 1.807) is 31.2 Å². The Labute approximate surface area is 169 Å². The highest BCUT2D eigenvalue weighted by Gasteiger charge is 2.11. The zero-order valence-corrected chi connectivity index (χ0v) is 16.7. The summed E-state index contributed by atoms with van der Waals surface area (Å²) in [5.74, 6) is -0.244. The smallest absolute Gasteiger partial charge is 0.270 e. The van der Waals surface area contributed by atoms with Gasteiger partial charge in [0, 0.05) is 37.7 Å². The van der Waals surface area contributed by atoms with E-state index in [0.29, 0.717) is 30.2 Å². The predicted molar refractivity (Wildman–Crippen MR) is 113 cm³/mol. The summed E-state index contributed by atoms with van der Waals surface area (Å²) in [4.78, 5) is 23.1. The number of rotatable bonds is 7. The van der Waals surface area contributed by atoms with Crippen LogP contribution in [0.3, 0.4) is 0 Å². The molecule has 3 rings (SSSR count). The van der Waals surface area contributed by atoms with Gasteiger partial charge in [0.05, 0.1) is 0 Å². The second kappa shape index (κ2) is 9.14. The lowest BCUT2D eigenvalue weighted by Crippen LogP contribution is -2.27. The van der Waals surface area contributed by atoms with Crippen molar-refractivity contribution < 1.29 is 9.18 Å². The van der Waals surface area contributed by atoms with Crippen molar-refractivity contribution in [2.75, 3.05) is 30.9 Å². The lowest BCUT2D eigenvalue weighted by Gasteiger charge is -2.13. The summed E-state index contributed by atoms with van der Waals surface area (Å²) in [5, 5.41) is 5.91. The summed E-state index contributed by atoms with van der Waals surface area (Å²) in [5.41, 5.74) is 3.41. The molecule has 0 aliphatic rings. The van der Waals surface area contributed by atoms with E-state index in [-0.39, 0.29) is 17.4 Å². The van der Waals surface area contributed by atoms with Crippen LogP contribution in [-0.4, -0.2) is 36.5 Å². The van der Waals surface area contributed by atoms with Gasteiger partial charge in [0.15, 0.2) is 0 Å². The van der Waals surface area contributed by atoms with Gasteiger partial charge in [-0.3, -0.25) is 4.79 Å². The van der Waals surface area contributed by atoms with Gasteiger partial charge in [0.2, 0.25) is 5.95 Å². The van der Waals surface area contributed by atoms with Gasteiger partial charge in [-0.05, 0) is 55.3 Å². The highest BCUT2D eigenvalue weighted by molar-refractivity contribution is 5.92. The molecule has 29 heavy (non-hydrogen) atoms. The first-order valence-corrected chi connectivity index (χ1v) is 9.34. The van der Waals surface area contributed by atoms with Crippen molar-refractivity contribution in [3.8, 4) is 0 Å². The van der Waals surface area contributed by atoms with Crippen molar-refractivity contribution >= 4 is 23.2 Å². The standard InChI is InChI=1S/C22H24FN5O/c1-15-14-20(21(29)24-13-12-16-6-4-5-7-19(16)23)27-22(25-15)26-17-8-10-18(11-9-17)28(2)3/h4-11,14H,12-13H2,1-3H3,(H,24,29)(H,25,26,27). The van der Waals surface area contributed by atoms with Gasteiger partial charge in [0.25, 0.3) is 5.91 Å². The van der Waals surface area contributed by atoms with Gasteiger partial charge in [-0.1, -0.05) is 18.2 Å². The number of amides is 1. The molecule has 7 heteroatoms. The van der Waals surface area contributed by atoms with Crippen LogP contribution in [0.25, 0.3) is 0 Å². The van der Waals surface area contributed by atoms with Crippen molar-refractivity contribution in [2.45, 2.75) is 13.3 Å². The molecule has 6 nitrogen and oxygen atoms in total. The number of carbonyl (C=O) groups is 1. The van der Waals surface area contributed by atoms with Crippen LogP contribution in [0.2, 0.25) is 0 Å². The Bertz CT molecular complexity index is 989. The highest BCUT2D eigenvalue weighted by atomic mass is 19.1. The predicted octanol–water partition coefficient (Wildman–Crippen LogP) is 3.71. The van der Waals surface area contributed by atoms with Crippen molar-refractivity contribution in [3.63, 3.8) is 0 Å². The minimum atomic E-state index is -0.321. The molecule has 0 unspecified atom stereocenters. The zero-order valence-electron chi connectivity index (χ0n) is 16.7. The molecule has 0 aliphatic carbocycles. The van der Waals surface area contributed by atoms with E-state index >= 15 is 0 Å². The van der Waals surface area contributed by atoms with Crippen LogP contribution in [0.4, 0.5) is 21.7 Å². The first kappa shape index (κ1) is 20.3. The van der Waals surface area contributed by atoms with E-state index < -0.39 is 0 Å². The zero-order chi connectivity index (χ0) is 20.8. The van der Waals surface area contributed by atoms with E-state index in [4.69, 9.17) is 0 Å². The Balaban J connectivity index is 1.64. The van der Waals surface area contributed by atoms with Crippen LogP contribution in [0, 0.1) is 12.7 Å². The molecular formula is C22H24FN5O. The fourth-order valence-electron chi connectivity index (χ4n) is 2.82. The van der Waals surface area contributed by atoms with Crippen molar-refractivity contribution in [2.24, 2.45) is 0 Å². The third-order valence-corrected chi connectivity index (χ3v) is 4.36. The van der Waals surface area contributed by atoms with E-state index in [9.17, 15) is 9.18 Å². The van der Waals surface area contributed by atoms with Crippen LogP contribution < -0.4 is 15.5 Å². The van der Waals surface area contributed by atoms with Crippen LogP contribution in [0.1, 0.15) is 21.7 Å². The molecular weight excluding hydrogens is 369 g/mol. The molecule has 0 radical (unpaired) electrons. The maximum Gasteiger partial charge on any atom is 0.270 e. The first-order valence-electron chi connectivity index (χ1n) is 9.34. The summed E-state index contributed by atoms with van der Waals surface area (Å²) in [6.45, 7) is 2.12. The average Bonchev–Trinajstić information content (AvgIpc) is 2.69. The molecule has 0 spiro atoms. The van der Waals surface area contributed by atoms with Crippen LogP contribution in [-0.2, 0) is 6.42 Å². The number of nitrogens with one attached hydrogen (secondary N) is 2. The second-order valence-electron chi connectivity index (χ2n) is 6.88. The van der Waals surface area contributed by atoms with Gasteiger partial charge >= 0.3 is 0 Å². The lowest BCUT2D eigenvalue weighted by molar-refractivity contribution is 0.0949. The summed E-state index contributed by atoms with van der Waals surface area (Å²) in [6.07, 6.45) is 0.409. The molecule has 1 aromatic heterocycles. The molecule has 0 saturated heterocycles. The van der Waals surface area contributed by atoms with Crippen molar-refractivity contribution in [1.29, 1.82) is 0 Å². The largest absolute Gasteiger partial charge is 0.378 e. The molecule has 3 aromatic rings. The molecule has 0 bridgehead atoms.